The second kappa shape index (κ2) is 10.0. The van der Waals surface area contributed by atoms with Gasteiger partial charge in [0.25, 0.3) is 0 Å². The maximum atomic E-state index is 13.3. The number of ether oxygens (including phenoxy) is 1. The van der Waals surface area contributed by atoms with E-state index in [1.807, 2.05) is 31.2 Å². The van der Waals surface area contributed by atoms with E-state index in [9.17, 15) is 9.59 Å². The summed E-state index contributed by atoms with van der Waals surface area (Å²) in [5.41, 5.74) is 4.68. The molecule has 0 aliphatic carbocycles. The maximum absolute atomic E-state index is 13.3. The van der Waals surface area contributed by atoms with Crippen LogP contribution in [0.1, 0.15) is 42.0 Å². The number of Topliss-reactive ketones (excluding diaryl/α,β-unsaturated/α-hetero) is 1. The predicted molar refractivity (Wildman–Crippen MR) is 119 cm³/mol. The van der Waals surface area contributed by atoms with E-state index in [0.717, 1.165) is 31.5 Å². The fraction of sp³-hybridized carbons (Fsp3) is 0.462. The van der Waals surface area contributed by atoms with E-state index in [1.165, 1.54) is 16.7 Å². The Morgan fingerprint density at radius 1 is 1.03 bits per heavy atom. The van der Waals surface area contributed by atoms with Gasteiger partial charge < -0.3 is 9.22 Å². The Balaban J connectivity index is 1.82. The maximum Gasteiger partial charge on any atom is 0.314 e. The van der Waals surface area contributed by atoms with E-state index in [2.05, 4.69) is 38.1 Å². The summed E-state index contributed by atoms with van der Waals surface area (Å²) in [7, 11) is 0. The first-order chi connectivity index (χ1) is 14.4. The van der Waals surface area contributed by atoms with E-state index in [4.69, 9.17) is 4.74 Å². The van der Waals surface area contributed by atoms with Crippen LogP contribution >= 0.6 is 0 Å². The lowest BCUT2D eigenvalue weighted by Crippen LogP contribution is -2.57. The third-order valence-corrected chi connectivity index (χ3v) is 6.30. The largest absolute Gasteiger partial charge is 0.466 e. The zero-order valence-electron chi connectivity index (χ0n) is 18.5. The van der Waals surface area contributed by atoms with Crippen molar-refractivity contribution in [3.63, 3.8) is 0 Å². The van der Waals surface area contributed by atoms with E-state index in [1.54, 1.807) is 0 Å². The number of benzene rings is 2. The van der Waals surface area contributed by atoms with E-state index in [-0.39, 0.29) is 17.7 Å². The summed E-state index contributed by atoms with van der Waals surface area (Å²) >= 11 is 0. The Kier molecular flexibility index (Phi) is 7.43. The number of ketones is 1. The van der Waals surface area contributed by atoms with Crippen LogP contribution in [0.5, 0.6) is 0 Å². The number of hydrogen-bond donors (Lipinski definition) is 0. The lowest BCUT2D eigenvalue weighted by Gasteiger charge is -2.43. The molecular formula is C26H34NO3+. The number of rotatable bonds is 8. The normalized spacial score (nSPS) is 21.2. The molecule has 2 aromatic rings. The highest BCUT2D eigenvalue weighted by molar-refractivity contribution is 5.82. The van der Waals surface area contributed by atoms with Gasteiger partial charge in [0.2, 0.25) is 0 Å². The molecule has 1 aliphatic rings. The van der Waals surface area contributed by atoms with E-state index >= 15 is 0 Å². The van der Waals surface area contributed by atoms with Crippen LogP contribution in [-0.4, -0.2) is 42.5 Å². The number of carbonyl (C=O) groups excluding carboxylic acids is 2. The van der Waals surface area contributed by atoms with Crippen LogP contribution in [0.2, 0.25) is 0 Å². The molecule has 0 amide bonds. The van der Waals surface area contributed by atoms with Crippen molar-refractivity contribution in [2.45, 2.75) is 46.6 Å². The van der Waals surface area contributed by atoms with Crippen LogP contribution in [-0.2, 0) is 27.3 Å². The minimum atomic E-state index is -0.129. The van der Waals surface area contributed by atoms with Crippen LogP contribution in [0.3, 0.4) is 0 Å². The van der Waals surface area contributed by atoms with E-state index < -0.39 is 0 Å². The van der Waals surface area contributed by atoms with Crippen LogP contribution in [0, 0.1) is 19.8 Å². The Bertz CT molecular complexity index is 857. The van der Waals surface area contributed by atoms with Crippen molar-refractivity contribution < 1.29 is 18.8 Å². The molecule has 0 N–H and O–H groups in total. The Labute approximate surface area is 180 Å². The molecule has 0 spiro atoms. The van der Waals surface area contributed by atoms with Crippen LogP contribution < -0.4 is 0 Å². The third kappa shape index (κ3) is 5.57. The predicted octanol–water partition coefficient (Wildman–Crippen LogP) is 4.41. The molecule has 2 unspecified atom stereocenters. The number of hydrogen-bond acceptors (Lipinski definition) is 3. The van der Waals surface area contributed by atoms with Gasteiger partial charge in [0.15, 0.2) is 5.78 Å². The summed E-state index contributed by atoms with van der Waals surface area (Å²) in [6.07, 6.45) is 2.24. The van der Waals surface area contributed by atoms with E-state index in [0.29, 0.717) is 30.6 Å². The number of carbonyl (C=O) groups is 2. The highest BCUT2D eigenvalue weighted by Crippen LogP contribution is 2.28. The van der Waals surface area contributed by atoms with Crippen LogP contribution in [0.15, 0.2) is 48.5 Å². The molecular weight excluding hydrogens is 374 g/mol. The van der Waals surface area contributed by atoms with Gasteiger partial charge in [-0.25, -0.2) is 0 Å². The lowest BCUT2D eigenvalue weighted by atomic mass is 9.93. The van der Waals surface area contributed by atoms with Crippen molar-refractivity contribution in [3.8, 4) is 0 Å². The van der Waals surface area contributed by atoms with Crippen LogP contribution in [0.4, 0.5) is 0 Å². The number of quaternary nitrogens is 1. The molecule has 0 saturated carbocycles. The third-order valence-electron chi connectivity index (χ3n) is 6.30. The molecule has 3 rings (SSSR count). The van der Waals surface area contributed by atoms with Crippen molar-refractivity contribution in [1.29, 1.82) is 0 Å². The average molecular weight is 409 g/mol. The molecule has 4 nitrogen and oxygen atoms in total. The monoisotopic (exact) mass is 408 g/mol. The minimum Gasteiger partial charge on any atom is -0.466 e. The second-order valence-corrected chi connectivity index (χ2v) is 8.73. The SMILES string of the molecule is CCOC(=O)C1CCC[N+](CC(=O)Cc2c(C)cccc2C)(Cc2ccccc2)C1. The second-order valence-electron chi connectivity index (χ2n) is 8.73. The Hall–Kier alpha value is -2.46. The van der Waals surface area contributed by atoms with Gasteiger partial charge in [-0.05, 0) is 50.3 Å². The molecule has 0 aromatic heterocycles. The zero-order chi connectivity index (χ0) is 21.6. The number of piperidine rings is 1. The van der Waals surface area contributed by atoms with Crippen molar-refractivity contribution in [2.24, 2.45) is 5.92 Å². The molecule has 2 aromatic carbocycles. The van der Waals surface area contributed by atoms with Gasteiger partial charge in [0, 0.05) is 12.0 Å². The van der Waals surface area contributed by atoms with Gasteiger partial charge in [-0.3, -0.25) is 9.59 Å². The summed E-state index contributed by atoms with van der Waals surface area (Å²) in [4.78, 5) is 25.7. The standard InChI is InChI=1S/C26H34NO3/c1-4-30-26(29)23-14-9-15-27(18-23,17-22-12-6-5-7-13-22)19-24(28)16-25-20(2)10-8-11-21(25)3/h5-8,10-13,23H,4,9,14-19H2,1-3H3/q+1. The molecule has 1 saturated heterocycles. The quantitative estimate of drug-likeness (QED) is 0.480. The molecule has 30 heavy (non-hydrogen) atoms. The molecule has 0 bridgehead atoms. The first-order valence-electron chi connectivity index (χ1n) is 11.0. The molecule has 0 radical (unpaired) electrons. The number of esters is 1. The van der Waals surface area contributed by atoms with Crippen molar-refractivity contribution in [3.05, 3.63) is 70.8 Å². The molecule has 4 heteroatoms. The van der Waals surface area contributed by atoms with Crippen molar-refractivity contribution >= 4 is 11.8 Å². The van der Waals surface area contributed by atoms with Gasteiger partial charge in [0.05, 0.1) is 19.7 Å². The summed E-state index contributed by atoms with van der Waals surface area (Å²) in [5, 5.41) is 0. The van der Waals surface area contributed by atoms with Crippen molar-refractivity contribution in [2.75, 3.05) is 26.2 Å². The van der Waals surface area contributed by atoms with Crippen LogP contribution in [0.25, 0.3) is 0 Å². The molecule has 1 heterocycles. The van der Waals surface area contributed by atoms with Gasteiger partial charge in [-0.15, -0.1) is 0 Å². The Morgan fingerprint density at radius 3 is 2.40 bits per heavy atom. The van der Waals surface area contributed by atoms with Gasteiger partial charge in [-0.2, -0.15) is 0 Å². The topological polar surface area (TPSA) is 43.4 Å². The lowest BCUT2D eigenvalue weighted by molar-refractivity contribution is -0.940. The average Bonchev–Trinajstić information content (AvgIpc) is 2.72. The highest BCUT2D eigenvalue weighted by Gasteiger charge is 2.40. The molecule has 2 atom stereocenters. The number of aryl methyl sites for hydroxylation is 2. The highest BCUT2D eigenvalue weighted by atomic mass is 16.5. The summed E-state index contributed by atoms with van der Waals surface area (Å²) in [5.74, 6) is -0.00166. The Morgan fingerprint density at radius 2 is 1.73 bits per heavy atom. The zero-order valence-corrected chi connectivity index (χ0v) is 18.5. The summed E-state index contributed by atoms with van der Waals surface area (Å²) in [6.45, 7) is 9.22. The first kappa shape index (κ1) is 22.2. The first-order valence-corrected chi connectivity index (χ1v) is 11.0. The van der Waals surface area contributed by atoms with Gasteiger partial charge >= 0.3 is 5.97 Å². The van der Waals surface area contributed by atoms with Gasteiger partial charge in [-0.1, -0.05) is 48.5 Å². The number of nitrogens with zero attached hydrogens (tertiary/aromatic N) is 1. The van der Waals surface area contributed by atoms with Gasteiger partial charge in [0.1, 0.15) is 19.0 Å². The number of likely N-dealkylation sites (tertiary alicyclic amines) is 1. The van der Waals surface area contributed by atoms with Crippen molar-refractivity contribution in [1.82, 2.24) is 0 Å². The molecule has 160 valence electrons. The molecule has 1 aliphatic heterocycles. The fourth-order valence-electron chi connectivity index (χ4n) is 4.84. The minimum absolute atomic E-state index is 0.116. The summed E-state index contributed by atoms with van der Waals surface area (Å²) in [6, 6.07) is 16.5. The summed E-state index contributed by atoms with van der Waals surface area (Å²) < 4.78 is 5.96. The molecule has 1 fully saturated rings. The smallest absolute Gasteiger partial charge is 0.314 e. The fourth-order valence-corrected chi connectivity index (χ4v) is 4.84.